The van der Waals surface area contributed by atoms with E-state index < -0.39 is 0 Å². The van der Waals surface area contributed by atoms with E-state index in [1.807, 2.05) is 30.0 Å². The largest absolute Gasteiger partial charge is 0.384 e. The maximum Gasteiger partial charge on any atom is 0.254 e. The zero-order chi connectivity index (χ0) is 15.4. The van der Waals surface area contributed by atoms with Crippen LogP contribution in [0.3, 0.4) is 0 Å². The molecule has 2 rings (SSSR count). The van der Waals surface area contributed by atoms with Gasteiger partial charge >= 0.3 is 0 Å². The van der Waals surface area contributed by atoms with Crippen LogP contribution in [-0.4, -0.2) is 60.1 Å². The average molecular weight is 286 g/mol. The van der Waals surface area contributed by atoms with E-state index >= 15 is 0 Å². The Labute approximate surface area is 126 Å². The van der Waals surface area contributed by atoms with Gasteiger partial charge in [0.1, 0.15) is 6.61 Å². The lowest BCUT2D eigenvalue weighted by molar-refractivity contribution is 0.0571. The number of carbonyl (C=O) groups excluding carboxylic acids is 1. The molecule has 1 aliphatic heterocycles. The topological polar surface area (TPSA) is 43.8 Å². The van der Waals surface area contributed by atoms with Crippen LogP contribution < -0.4 is 0 Å². The standard InChI is InChI=1S/C17H22N2O2/c1-13-6-7-15(5-4-10-20)11-16(13)17(21)19-9-8-18(3)14(2)12-19/h6-7,11,14,20H,8-10,12H2,1-3H3. The van der Waals surface area contributed by atoms with Crippen molar-refractivity contribution in [3.8, 4) is 11.8 Å². The quantitative estimate of drug-likeness (QED) is 0.787. The van der Waals surface area contributed by atoms with Gasteiger partial charge in [0.15, 0.2) is 0 Å². The molecule has 0 saturated carbocycles. The molecule has 1 fully saturated rings. The molecular weight excluding hydrogens is 264 g/mol. The second-order valence-electron chi connectivity index (χ2n) is 5.57. The van der Waals surface area contributed by atoms with Gasteiger partial charge in [-0.15, -0.1) is 0 Å². The number of benzene rings is 1. The van der Waals surface area contributed by atoms with Crippen molar-refractivity contribution in [2.75, 3.05) is 33.3 Å². The summed E-state index contributed by atoms with van der Waals surface area (Å²) < 4.78 is 0. The molecule has 112 valence electrons. The first-order valence-electron chi connectivity index (χ1n) is 7.23. The van der Waals surface area contributed by atoms with Gasteiger partial charge in [0.25, 0.3) is 5.91 Å². The molecule has 0 aromatic heterocycles. The Bertz CT molecular complexity index is 586. The van der Waals surface area contributed by atoms with Crippen LogP contribution in [0.4, 0.5) is 0 Å². The Morgan fingerprint density at radius 3 is 2.86 bits per heavy atom. The fraction of sp³-hybridized carbons (Fsp3) is 0.471. The van der Waals surface area contributed by atoms with Crippen LogP contribution in [0.25, 0.3) is 0 Å². The van der Waals surface area contributed by atoms with E-state index in [4.69, 9.17) is 5.11 Å². The number of aryl methyl sites for hydroxylation is 1. The Hall–Kier alpha value is -1.83. The van der Waals surface area contributed by atoms with Gasteiger partial charge < -0.3 is 14.9 Å². The molecule has 1 aliphatic rings. The normalized spacial score (nSPS) is 19.0. The lowest BCUT2D eigenvalue weighted by Gasteiger charge is -2.37. The third-order valence-electron chi connectivity index (χ3n) is 4.03. The number of hydrogen-bond donors (Lipinski definition) is 1. The Kier molecular flexibility index (Phi) is 5.00. The molecule has 4 nitrogen and oxygen atoms in total. The summed E-state index contributed by atoms with van der Waals surface area (Å²) in [6, 6.07) is 5.99. The summed E-state index contributed by atoms with van der Waals surface area (Å²) in [7, 11) is 2.09. The third-order valence-corrected chi connectivity index (χ3v) is 4.03. The number of likely N-dealkylation sites (N-methyl/N-ethyl adjacent to an activating group) is 1. The summed E-state index contributed by atoms with van der Waals surface area (Å²) in [6.45, 7) is 6.31. The molecule has 1 atom stereocenters. The number of aliphatic hydroxyl groups is 1. The van der Waals surface area contributed by atoms with Crippen molar-refractivity contribution in [3.63, 3.8) is 0 Å². The van der Waals surface area contributed by atoms with Gasteiger partial charge in [-0.1, -0.05) is 17.9 Å². The van der Waals surface area contributed by atoms with E-state index in [1.165, 1.54) is 0 Å². The van der Waals surface area contributed by atoms with Crippen molar-refractivity contribution in [1.29, 1.82) is 0 Å². The molecule has 1 N–H and O–H groups in total. The smallest absolute Gasteiger partial charge is 0.254 e. The second kappa shape index (κ2) is 6.75. The monoisotopic (exact) mass is 286 g/mol. The summed E-state index contributed by atoms with van der Waals surface area (Å²) in [5.74, 6) is 5.54. The summed E-state index contributed by atoms with van der Waals surface area (Å²) >= 11 is 0. The first kappa shape index (κ1) is 15.6. The van der Waals surface area contributed by atoms with Crippen LogP contribution in [0.2, 0.25) is 0 Å². The minimum atomic E-state index is -0.173. The highest BCUT2D eigenvalue weighted by atomic mass is 16.2. The molecule has 0 spiro atoms. The van der Waals surface area contributed by atoms with Crippen molar-refractivity contribution in [2.24, 2.45) is 0 Å². The second-order valence-corrected chi connectivity index (χ2v) is 5.57. The fourth-order valence-electron chi connectivity index (χ4n) is 2.48. The Morgan fingerprint density at radius 2 is 2.19 bits per heavy atom. The van der Waals surface area contributed by atoms with Gasteiger partial charge in [-0.05, 0) is 38.6 Å². The van der Waals surface area contributed by atoms with Crippen molar-refractivity contribution in [2.45, 2.75) is 19.9 Å². The maximum atomic E-state index is 12.7. The summed E-state index contributed by atoms with van der Waals surface area (Å²) in [4.78, 5) is 16.9. The Balaban J connectivity index is 2.22. The van der Waals surface area contributed by atoms with Crippen molar-refractivity contribution in [3.05, 3.63) is 34.9 Å². The van der Waals surface area contributed by atoms with E-state index in [2.05, 4.69) is 30.7 Å². The van der Waals surface area contributed by atoms with E-state index in [0.29, 0.717) is 11.6 Å². The SMILES string of the molecule is Cc1ccc(C#CCO)cc1C(=O)N1CCN(C)C(C)C1. The van der Waals surface area contributed by atoms with E-state index in [0.717, 1.165) is 30.8 Å². The van der Waals surface area contributed by atoms with Crippen molar-refractivity contribution in [1.82, 2.24) is 9.80 Å². The molecule has 0 bridgehead atoms. The summed E-state index contributed by atoms with van der Waals surface area (Å²) in [6.07, 6.45) is 0. The van der Waals surface area contributed by atoms with Gasteiger partial charge in [0.05, 0.1) is 0 Å². The number of aliphatic hydroxyl groups excluding tert-OH is 1. The summed E-state index contributed by atoms with van der Waals surface area (Å²) in [5, 5.41) is 8.77. The first-order valence-corrected chi connectivity index (χ1v) is 7.23. The molecule has 21 heavy (non-hydrogen) atoms. The van der Waals surface area contributed by atoms with Gasteiger partial charge in [-0.3, -0.25) is 4.79 Å². The number of nitrogens with zero attached hydrogens (tertiary/aromatic N) is 2. The van der Waals surface area contributed by atoms with Gasteiger partial charge in [0, 0.05) is 36.8 Å². The average Bonchev–Trinajstić information content (AvgIpc) is 2.48. The molecule has 1 heterocycles. The number of amides is 1. The van der Waals surface area contributed by atoms with E-state index in [9.17, 15) is 4.79 Å². The van der Waals surface area contributed by atoms with Crippen LogP contribution in [0.15, 0.2) is 18.2 Å². The van der Waals surface area contributed by atoms with Crippen molar-refractivity contribution < 1.29 is 9.90 Å². The lowest BCUT2D eigenvalue weighted by Crippen LogP contribution is -2.52. The van der Waals surface area contributed by atoms with E-state index in [-0.39, 0.29) is 12.5 Å². The zero-order valence-electron chi connectivity index (χ0n) is 12.9. The molecule has 1 saturated heterocycles. The van der Waals surface area contributed by atoms with Crippen LogP contribution in [0.1, 0.15) is 28.4 Å². The minimum Gasteiger partial charge on any atom is -0.384 e. The number of hydrogen-bond acceptors (Lipinski definition) is 3. The predicted molar refractivity (Wildman–Crippen MR) is 83.1 cm³/mol. The summed E-state index contributed by atoms with van der Waals surface area (Å²) in [5.41, 5.74) is 2.43. The van der Waals surface area contributed by atoms with Crippen LogP contribution in [-0.2, 0) is 0 Å². The maximum absolute atomic E-state index is 12.7. The molecule has 1 aromatic rings. The van der Waals surface area contributed by atoms with Gasteiger partial charge in [-0.25, -0.2) is 0 Å². The molecule has 0 aliphatic carbocycles. The van der Waals surface area contributed by atoms with Gasteiger partial charge in [0.2, 0.25) is 0 Å². The van der Waals surface area contributed by atoms with Crippen LogP contribution in [0, 0.1) is 18.8 Å². The lowest BCUT2D eigenvalue weighted by atomic mass is 10.0. The molecule has 1 unspecified atom stereocenters. The highest BCUT2D eigenvalue weighted by Gasteiger charge is 2.25. The predicted octanol–water partition coefficient (Wildman–Crippen LogP) is 1.11. The molecule has 1 amide bonds. The highest BCUT2D eigenvalue weighted by molar-refractivity contribution is 5.96. The number of rotatable bonds is 1. The zero-order valence-corrected chi connectivity index (χ0v) is 12.9. The molecule has 0 radical (unpaired) electrons. The highest BCUT2D eigenvalue weighted by Crippen LogP contribution is 2.16. The third kappa shape index (κ3) is 3.63. The van der Waals surface area contributed by atoms with Gasteiger partial charge in [-0.2, -0.15) is 0 Å². The van der Waals surface area contributed by atoms with Crippen LogP contribution >= 0.6 is 0 Å². The molecule has 4 heteroatoms. The first-order chi connectivity index (χ1) is 10.0. The van der Waals surface area contributed by atoms with E-state index in [1.54, 1.807) is 0 Å². The number of piperazine rings is 1. The van der Waals surface area contributed by atoms with Crippen LogP contribution in [0.5, 0.6) is 0 Å². The molecular formula is C17H22N2O2. The van der Waals surface area contributed by atoms with Crippen molar-refractivity contribution >= 4 is 5.91 Å². The number of carbonyl (C=O) groups is 1. The fourth-order valence-corrected chi connectivity index (χ4v) is 2.48. The Morgan fingerprint density at radius 1 is 1.43 bits per heavy atom. The molecule has 1 aromatic carbocycles. The minimum absolute atomic E-state index is 0.0695.